The molecular weight excluding hydrogens is 154 g/mol. The van der Waals surface area contributed by atoms with Crippen molar-refractivity contribution in [3.8, 4) is 0 Å². The summed E-state index contributed by atoms with van der Waals surface area (Å²) in [5.41, 5.74) is 0. The molecule has 45 valence electrons. The van der Waals surface area contributed by atoms with Gasteiger partial charge in [-0.05, 0) is 0 Å². The predicted octanol–water partition coefficient (Wildman–Crippen LogP) is -0.666. The Kier molecular flexibility index (Phi) is 30.9. The normalized spacial score (nSPS) is 4.50. The monoisotopic (exact) mass is 157 g/mol. The molecule has 2 N–H and O–H groups in total. The van der Waals surface area contributed by atoms with E-state index in [1.807, 2.05) is 0 Å². The first-order valence-electron chi connectivity index (χ1n) is 0.960. The van der Waals surface area contributed by atoms with Gasteiger partial charge < -0.3 is 10.2 Å². The Bertz CT molecular complexity index is 80.4. The van der Waals surface area contributed by atoms with Gasteiger partial charge in [0, 0.05) is 0 Å². The number of carboxylic acid groups (broad SMARTS) is 2. The zero-order chi connectivity index (χ0) is 6.28. The maximum atomic E-state index is 8.56. The fourth-order valence-corrected chi connectivity index (χ4v) is 0. The Morgan fingerprint density at radius 2 is 1.25 bits per heavy atom. The van der Waals surface area contributed by atoms with E-state index in [1.165, 1.54) is 0 Å². The van der Waals surface area contributed by atoms with Gasteiger partial charge in [-0.25, -0.2) is 4.79 Å². The van der Waals surface area contributed by atoms with E-state index in [2.05, 4.69) is 0 Å². The summed E-state index contributed by atoms with van der Waals surface area (Å²) in [6.07, 6.45) is -1.83. The second kappa shape index (κ2) is 15.8. The molecule has 0 heterocycles. The molecule has 0 saturated carbocycles. The second-order valence-electron chi connectivity index (χ2n) is 0.346. The molecule has 8 heavy (non-hydrogen) atoms. The van der Waals surface area contributed by atoms with E-state index in [1.54, 1.807) is 0 Å². The average molecular weight is 157 g/mol. The molecule has 0 aromatic rings. The van der Waals surface area contributed by atoms with Crippen molar-refractivity contribution in [2.75, 3.05) is 0 Å². The van der Waals surface area contributed by atoms with E-state index in [9.17, 15) is 0 Å². The molecule has 0 atom stereocenters. The third kappa shape index (κ3) is 865000. The molecule has 5 nitrogen and oxygen atoms in total. The summed E-state index contributed by atoms with van der Waals surface area (Å²) in [6.45, 7) is 0. The summed E-state index contributed by atoms with van der Waals surface area (Å²) < 4.78 is 16.8. The van der Waals surface area contributed by atoms with Crippen molar-refractivity contribution in [1.29, 1.82) is 0 Å². The van der Waals surface area contributed by atoms with Crippen molar-refractivity contribution >= 4 is 25.0 Å². The summed E-state index contributed by atoms with van der Waals surface area (Å²) in [4.78, 5) is 8.56. The molecule has 0 bridgehead atoms. The quantitative estimate of drug-likeness (QED) is 0.455. The van der Waals surface area contributed by atoms with E-state index in [0.29, 0.717) is 0 Å². The number of rotatable bonds is 0. The number of carbonyl (C=O) groups is 1. The van der Waals surface area contributed by atoms with Crippen LogP contribution in [0.5, 0.6) is 0 Å². The van der Waals surface area contributed by atoms with Crippen LogP contribution < -0.4 is 0 Å². The summed E-state index contributed by atoms with van der Waals surface area (Å²) in [5, 5.41) is 13.9. The number of hydrogen-bond acceptors (Lipinski definition) is 3. The van der Waals surface area contributed by atoms with Crippen LogP contribution in [0.2, 0.25) is 0 Å². The zero-order valence-electron chi connectivity index (χ0n) is 3.00. The molecule has 0 aliphatic heterocycles. The minimum atomic E-state index is -1.83. The van der Waals surface area contributed by atoms with E-state index >= 15 is 0 Å². The van der Waals surface area contributed by atoms with Crippen molar-refractivity contribution in [1.82, 2.24) is 0 Å². The van der Waals surface area contributed by atoms with E-state index in [-0.39, 0.29) is 18.9 Å². The van der Waals surface area contributed by atoms with Gasteiger partial charge in [0.2, 0.25) is 0 Å². The van der Waals surface area contributed by atoms with Crippen LogP contribution in [0.1, 0.15) is 0 Å². The summed E-state index contributed by atoms with van der Waals surface area (Å²) in [5.74, 6) is 0. The van der Waals surface area contributed by atoms with E-state index < -0.39 is 21.0 Å². The van der Waals surface area contributed by atoms with Crippen molar-refractivity contribution in [2.24, 2.45) is 0 Å². The Balaban J connectivity index is -0.0000000575. The topological polar surface area (TPSA) is 91.7 Å². The van der Waals surface area contributed by atoms with Gasteiger partial charge in [-0.2, -0.15) is 0 Å². The van der Waals surface area contributed by atoms with Gasteiger partial charge in [0.25, 0.3) is 0 Å². The van der Waals surface area contributed by atoms with Gasteiger partial charge in [0.05, 0.1) is 0 Å². The first kappa shape index (κ1) is 15.7. The fourth-order valence-electron chi connectivity index (χ4n) is 0. The first-order chi connectivity index (χ1) is 3.15. The Morgan fingerprint density at radius 3 is 1.25 bits per heavy atom. The Morgan fingerprint density at radius 1 is 1.25 bits per heavy atom. The Labute approximate surface area is 62.8 Å². The SMILES string of the molecule is O=C(O)O.[LiH].[O]=[Mn]=[O]. The molecule has 7 heteroatoms. The van der Waals surface area contributed by atoms with Gasteiger partial charge in [0.1, 0.15) is 0 Å². The van der Waals surface area contributed by atoms with Gasteiger partial charge in [-0.3, -0.25) is 0 Å². The Hall–Kier alpha value is -0.0131. The van der Waals surface area contributed by atoms with Crippen LogP contribution in [0.3, 0.4) is 0 Å². The molecular formula is CH3LiMnO5. The van der Waals surface area contributed by atoms with Gasteiger partial charge in [-0.15, -0.1) is 0 Å². The molecule has 0 spiro atoms. The van der Waals surface area contributed by atoms with Crippen LogP contribution in [-0.4, -0.2) is 35.2 Å². The summed E-state index contributed by atoms with van der Waals surface area (Å²) in [6, 6.07) is 0. The minimum absolute atomic E-state index is 0. The van der Waals surface area contributed by atoms with Crippen LogP contribution >= 0.6 is 0 Å². The van der Waals surface area contributed by atoms with Crippen LogP contribution in [0.4, 0.5) is 4.79 Å². The molecule has 0 fully saturated rings. The molecule has 0 saturated heterocycles. The number of hydrogen-bond donors (Lipinski definition) is 2. The van der Waals surface area contributed by atoms with Crippen molar-refractivity contribution in [2.45, 2.75) is 0 Å². The second-order valence-corrected chi connectivity index (χ2v) is 0.542. The predicted molar refractivity (Wildman–Crippen MR) is 19.2 cm³/mol. The summed E-state index contributed by atoms with van der Waals surface area (Å²) in [7, 11) is 0. The van der Waals surface area contributed by atoms with Crippen molar-refractivity contribution < 1.29 is 37.5 Å². The molecule has 0 amide bonds. The molecule has 0 radical (unpaired) electrons. The van der Waals surface area contributed by atoms with Crippen molar-refractivity contribution in [3.63, 3.8) is 0 Å². The zero-order valence-corrected chi connectivity index (χ0v) is 4.18. The van der Waals surface area contributed by atoms with Gasteiger partial charge in [-0.1, -0.05) is 0 Å². The van der Waals surface area contributed by atoms with Gasteiger partial charge >= 0.3 is 47.5 Å². The molecule has 0 rings (SSSR count). The summed E-state index contributed by atoms with van der Waals surface area (Å²) >= 11 is -1.44. The average Bonchev–Trinajstić information content (AvgIpc) is 1.33. The third-order valence-electron chi connectivity index (χ3n) is 0. The molecule has 0 unspecified atom stereocenters. The molecule has 0 aromatic heterocycles. The maximum absolute atomic E-state index is 8.56. The molecule has 0 aliphatic carbocycles. The molecule has 0 aromatic carbocycles. The fraction of sp³-hybridized carbons (Fsp3) is 0. The van der Waals surface area contributed by atoms with Crippen LogP contribution in [0.25, 0.3) is 0 Å². The first-order valence-corrected chi connectivity index (χ1v) is 1.92. The van der Waals surface area contributed by atoms with E-state index in [0.717, 1.165) is 0 Å². The van der Waals surface area contributed by atoms with Crippen molar-refractivity contribution in [3.05, 3.63) is 0 Å². The molecule has 0 aliphatic rings. The van der Waals surface area contributed by atoms with Crippen LogP contribution in [0, 0.1) is 0 Å². The van der Waals surface area contributed by atoms with E-state index in [4.69, 9.17) is 22.7 Å². The van der Waals surface area contributed by atoms with Gasteiger partial charge in [0.15, 0.2) is 0 Å². The van der Waals surface area contributed by atoms with Crippen LogP contribution in [0.15, 0.2) is 0 Å². The van der Waals surface area contributed by atoms with Crippen LogP contribution in [-0.2, 0) is 22.5 Å². The standard InChI is InChI=1S/CH2O3.Li.Mn.2O.H/c2-1(3)4;;;;;/h(H2,2,3,4);;;;;. The third-order valence-corrected chi connectivity index (χ3v) is 0.